The Balaban J connectivity index is 2.24. The highest BCUT2D eigenvalue weighted by Gasteiger charge is 2.24. The first-order chi connectivity index (χ1) is 8.99. The van der Waals surface area contributed by atoms with E-state index in [-0.39, 0.29) is 11.7 Å². The summed E-state index contributed by atoms with van der Waals surface area (Å²) < 4.78 is 26.9. The van der Waals surface area contributed by atoms with Crippen molar-refractivity contribution in [1.29, 1.82) is 0 Å². The van der Waals surface area contributed by atoms with Crippen molar-refractivity contribution in [3.8, 4) is 0 Å². The summed E-state index contributed by atoms with van der Waals surface area (Å²) in [6.45, 7) is 2.06. The normalized spacial score (nSPS) is 23.1. The predicted molar refractivity (Wildman–Crippen MR) is 68.1 cm³/mol. The average Bonchev–Trinajstić information content (AvgIpc) is 2.34. The highest BCUT2D eigenvalue weighted by molar-refractivity contribution is 5.53. The summed E-state index contributed by atoms with van der Waals surface area (Å²) in [7, 11) is 0. The summed E-state index contributed by atoms with van der Waals surface area (Å²) in [5.74, 6) is -1.57. The first-order valence-corrected chi connectivity index (χ1v) is 6.39. The lowest BCUT2D eigenvalue weighted by atomic mass is 9.86. The lowest BCUT2D eigenvalue weighted by molar-refractivity contribution is -0.387. The van der Waals surface area contributed by atoms with Gasteiger partial charge in [0.1, 0.15) is 5.82 Å². The van der Waals surface area contributed by atoms with Gasteiger partial charge in [0.15, 0.2) is 0 Å². The first-order valence-electron chi connectivity index (χ1n) is 6.39. The molecule has 19 heavy (non-hydrogen) atoms. The molecule has 1 saturated carbocycles. The molecule has 1 aliphatic rings. The van der Waals surface area contributed by atoms with Gasteiger partial charge in [-0.05, 0) is 18.8 Å². The quantitative estimate of drug-likeness (QED) is 0.670. The van der Waals surface area contributed by atoms with Crippen LogP contribution in [0.25, 0.3) is 0 Å². The molecule has 0 aromatic heterocycles. The molecule has 2 rings (SSSR count). The van der Waals surface area contributed by atoms with Crippen LogP contribution in [0, 0.1) is 27.7 Å². The van der Waals surface area contributed by atoms with E-state index in [1.165, 1.54) is 0 Å². The summed E-state index contributed by atoms with van der Waals surface area (Å²) in [5.41, 5.74) is -0.695. The molecule has 1 fully saturated rings. The van der Waals surface area contributed by atoms with E-state index >= 15 is 0 Å². The highest BCUT2D eigenvalue weighted by Crippen LogP contribution is 2.30. The SMILES string of the molecule is CC1CCCCC1Nc1cc([N+](=O)[O-])c(F)cc1F. The first kappa shape index (κ1) is 13.7. The van der Waals surface area contributed by atoms with Crippen LogP contribution in [0.1, 0.15) is 32.6 Å². The Kier molecular flexibility index (Phi) is 3.97. The van der Waals surface area contributed by atoms with E-state index in [1.54, 1.807) is 0 Å². The fourth-order valence-corrected chi connectivity index (χ4v) is 2.52. The Morgan fingerprint density at radius 3 is 2.58 bits per heavy atom. The lowest BCUT2D eigenvalue weighted by Gasteiger charge is -2.30. The van der Waals surface area contributed by atoms with E-state index < -0.39 is 22.2 Å². The van der Waals surface area contributed by atoms with E-state index in [0.717, 1.165) is 31.7 Å². The molecule has 104 valence electrons. The Labute approximate surface area is 110 Å². The number of hydrogen-bond donors (Lipinski definition) is 1. The molecule has 2 atom stereocenters. The van der Waals surface area contributed by atoms with Gasteiger partial charge in [-0.3, -0.25) is 10.1 Å². The van der Waals surface area contributed by atoms with Crippen molar-refractivity contribution in [3.63, 3.8) is 0 Å². The smallest absolute Gasteiger partial charge is 0.307 e. The zero-order valence-electron chi connectivity index (χ0n) is 10.7. The van der Waals surface area contributed by atoms with E-state index in [9.17, 15) is 18.9 Å². The molecule has 0 saturated heterocycles. The standard InChI is InChI=1S/C13H16F2N2O2/c1-8-4-2-3-5-11(8)16-12-7-13(17(18)19)10(15)6-9(12)14/h6-8,11,16H,2-5H2,1H3. The van der Waals surface area contributed by atoms with Crippen LogP contribution < -0.4 is 5.32 Å². The fraction of sp³-hybridized carbons (Fsp3) is 0.538. The number of nitrogens with zero attached hydrogens (tertiary/aromatic N) is 1. The molecule has 6 heteroatoms. The van der Waals surface area contributed by atoms with Gasteiger partial charge in [-0.25, -0.2) is 4.39 Å². The number of hydrogen-bond acceptors (Lipinski definition) is 3. The molecular formula is C13H16F2N2O2. The maximum atomic E-state index is 13.7. The van der Waals surface area contributed by atoms with E-state index in [2.05, 4.69) is 12.2 Å². The maximum absolute atomic E-state index is 13.7. The van der Waals surface area contributed by atoms with Crippen molar-refractivity contribution in [2.24, 2.45) is 5.92 Å². The van der Waals surface area contributed by atoms with Crippen LogP contribution in [0.5, 0.6) is 0 Å². The van der Waals surface area contributed by atoms with Gasteiger partial charge in [0.25, 0.3) is 0 Å². The van der Waals surface area contributed by atoms with Gasteiger partial charge >= 0.3 is 5.69 Å². The van der Waals surface area contributed by atoms with Crippen molar-refractivity contribution >= 4 is 11.4 Å². The second-order valence-corrected chi connectivity index (χ2v) is 5.05. The number of halogens is 2. The third kappa shape index (κ3) is 3.00. The molecule has 1 aromatic carbocycles. The van der Waals surface area contributed by atoms with Crippen molar-refractivity contribution < 1.29 is 13.7 Å². The van der Waals surface area contributed by atoms with Gasteiger partial charge in [-0.1, -0.05) is 19.8 Å². The second-order valence-electron chi connectivity index (χ2n) is 5.05. The van der Waals surface area contributed by atoms with Gasteiger partial charge in [0.2, 0.25) is 5.82 Å². The zero-order valence-corrected chi connectivity index (χ0v) is 10.7. The van der Waals surface area contributed by atoms with Crippen LogP contribution >= 0.6 is 0 Å². The van der Waals surface area contributed by atoms with Crippen LogP contribution in [0.15, 0.2) is 12.1 Å². The Bertz CT molecular complexity index is 494. The number of nitrogens with one attached hydrogen (secondary N) is 1. The fourth-order valence-electron chi connectivity index (χ4n) is 2.52. The van der Waals surface area contributed by atoms with Crippen molar-refractivity contribution in [3.05, 3.63) is 33.9 Å². The van der Waals surface area contributed by atoms with Gasteiger partial charge in [-0.15, -0.1) is 0 Å². The molecule has 0 radical (unpaired) electrons. The van der Waals surface area contributed by atoms with Crippen LogP contribution in [0.3, 0.4) is 0 Å². The van der Waals surface area contributed by atoms with Crippen LogP contribution in [0.4, 0.5) is 20.2 Å². The third-order valence-electron chi connectivity index (χ3n) is 3.69. The molecule has 4 nitrogen and oxygen atoms in total. The number of nitro groups is 1. The molecule has 0 aliphatic heterocycles. The maximum Gasteiger partial charge on any atom is 0.307 e. The summed E-state index contributed by atoms with van der Waals surface area (Å²) in [5, 5.41) is 13.6. The molecule has 1 aliphatic carbocycles. The van der Waals surface area contributed by atoms with Gasteiger partial charge in [0, 0.05) is 18.2 Å². The highest BCUT2D eigenvalue weighted by atomic mass is 19.1. The molecule has 1 N–H and O–H groups in total. The van der Waals surface area contributed by atoms with Gasteiger partial charge < -0.3 is 5.32 Å². The summed E-state index contributed by atoms with van der Waals surface area (Å²) in [6.07, 6.45) is 4.13. The largest absolute Gasteiger partial charge is 0.379 e. The molecule has 0 heterocycles. The van der Waals surface area contributed by atoms with Crippen LogP contribution in [0.2, 0.25) is 0 Å². The predicted octanol–water partition coefficient (Wildman–Crippen LogP) is 3.86. The van der Waals surface area contributed by atoms with Gasteiger partial charge in [-0.2, -0.15) is 4.39 Å². The number of anilines is 1. The summed E-state index contributed by atoms with van der Waals surface area (Å²) in [4.78, 5) is 9.81. The minimum Gasteiger partial charge on any atom is -0.379 e. The second kappa shape index (κ2) is 5.50. The average molecular weight is 270 g/mol. The lowest BCUT2D eigenvalue weighted by Crippen LogP contribution is -2.30. The van der Waals surface area contributed by atoms with Gasteiger partial charge in [0.05, 0.1) is 10.6 Å². The molecule has 0 spiro atoms. The minimum atomic E-state index is -1.15. The van der Waals surface area contributed by atoms with Crippen LogP contribution in [-0.2, 0) is 0 Å². The molecule has 0 bridgehead atoms. The van der Waals surface area contributed by atoms with E-state index in [0.29, 0.717) is 12.0 Å². The Morgan fingerprint density at radius 1 is 1.26 bits per heavy atom. The minimum absolute atomic E-state index is 0.00634. The summed E-state index contributed by atoms with van der Waals surface area (Å²) >= 11 is 0. The molecule has 1 aromatic rings. The Morgan fingerprint density at radius 2 is 1.95 bits per heavy atom. The van der Waals surface area contributed by atoms with Crippen molar-refractivity contribution in [1.82, 2.24) is 0 Å². The third-order valence-corrected chi connectivity index (χ3v) is 3.69. The number of nitro benzene ring substituents is 1. The van der Waals surface area contributed by atoms with Crippen molar-refractivity contribution in [2.45, 2.75) is 38.6 Å². The summed E-state index contributed by atoms with van der Waals surface area (Å²) in [6, 6.07) is 1.58. The molecular weight excluding hydrogens is 254 g/mol. The number of benzene rings is 1. The van der Waals surface area contributed by atoms with E-state index in [1.807, 2.05) is 0 Å². The monoisotopic (exact) mass is 270 g/mol. The molecule has 0 amide bonds. The van der Waals surface area contributed by atoms with Crippen molar-refractivity contribution in [2.75, 3.05) is 5.32 Å². The number of rotatable bonds is 3. The Hall–Kier alpha value is -1.72. The van der Waals surface area contributed by atoms with E-state index in [4.69, 9.17) is 0 Å². The topological polar surface area (TPSA) is 55.2 Å². The zero-order chi connectivity index (χ0) is 14.0. The molecule has 2 unspecified atom stereocenters. The van der Waals surface area contributed by atoms with Crippen LogP contribution in [-0.4, -0.2) is 11.0 Å².